The number of hydrogen-bond donors (Lipinski definition) is 1. The first-order valence-electron chi connectivity index (χ1n) is 12.8. The summed E-state index contributed by atoms with van der Waals surface area (Å²) in [6.07, 6.45) is 3.16. The average Bonchev–Trinajstić information content (AvgIpc) is 3.68. The smallest absolute Gasteiger partial charge is 0.266 e. The van der Waals surface area contributed by atoms with E-state index in [0.29, 0.717) is 13.0 Å². The summed E-state index contributed by atoms with van der Waals surface area (Å²) < 4.78 is 31.7. The highest BCUT2D eigenvalue weighted by Gasteiger charge is 2.34. The van der Waals surface area contributed by atoms with Crippen LogP contribution in [-0.4, -0.2) is 59.2 Å². The van der Waals surface area contributed by atoms with Crippen molar-refractivity contribution in [3.63, 3.8) is 0 Å². The topological polar surface area (TPSA) is 148 Å². The van der Waals surface area contributed by atoms with Gasteiger partial charge in [0.1, 0.15) is 16.5 Å². The molecule has 0 radical (unpaired) electrons. The maximum absolute atomic E-state index is 13.8. The molecule has 4 aromatic rings. The number of likely N-dealkylation sites (tertiary alicyclic amines) is 1. The summed E-state index contributed by atoms with van der Waals surface area (Å²) in [6.45, 7) is 4.28. The fourth-order valence-corrected chi connectivity index (χ4v) is 6.07. The largest absolute Gasteiger partial charge is 0.417 e. The molecular weight excluding hydrogens is 550 g/mol. The number of carbonyl (C=O) groups is 1. The second-order valence-corrected chi connectivity index (χ2v) is 13.2. The summed E-state index contributed by atoms with van der Waals surface area (Å²) in [5.74, 6) is 0.0334. The zero-order valence-electron chi connectivity index (χ0n) is 22.7. The maximum Gasteiger partial charge on any atom is 0.266 e. The number of hydrogen-bond acceptors (Lipinski definition) is 10. The zero-order valence-corrected chi connectivity index (χ0v) is 24.4. The molecule has 4 heterocycles. The number of aromatic nitrogens is 4. The molecule has 5 rings (SSSR count). The Labute approximate surface area is 237 Å². The monoisotopic (exact) mass is 581 g/mol. The van der Waals surface area contributed by atoms with Gasteiger partial charge in [0, 0.05) is 30.2 Å². The van der Waals surface area contributed by atoms with E-state index < -0.39 is 15.6 Å². The van der Waals surface area contributed by atoms with Crippen LogP contribution in [0.1, 0.15) is 58.3 Å². The molecule has 13 heteroatoms. The van der Waals surface area contributed by atoms with Gasteiger partial charge in [-0.15, -0.1) is 21.5 Å². The first-order chi connectivity index (χ1) is 18.9. The molecule has 11 nitrogen and oxygen atoms in total. The van der Waals surface area contributed by atoms with Crippen LogP contribution in [0, 0.1) is 6.92 Å². The van der Waals surface area contributed by atoms with Gasteiger partial charge in [0.15, 0.2) is 0 Å². The molecule has 1 saturated heterocycles. The molecule has 1 aliphatic heterocycles. The van der Waals surface area contributed by atoms with E-state index in [4.69, 9.17) is 10.2 Å². The molecule has 210 valence electrons. The van der Waals surface area contributed by atoms with Gasteiger partial charge in [-0.2, -0.15) is 0 Å². The van der Waals surface area contributed by atoms with Crippen molar-refractivity contribution in [3.05, 3.63) is 75.6 Å². The molecule has 0 saturated carbocycles. The van der Waals surface area contributed by atoms with Crippen LogP contribution >= 0.6 is 11.3 Å². The molecule has 1 aliphatic rings. The lowest BCUT2D eigenvalue weighted by atomic mass is 9.94. The number of anilines is 1. The van der Waals surface area contributed by atoms with Crippen molar-refractivity contribution in [2.45, 2.75) is 44.7 Å². The zero-order chi connectivity index (χ0) is 28.7. The van der Waals surface area contributed by atoms with Crippen LogP contribution < -0.4 is 10.0 Å². The van der Waals surface area contributed by atoms with Crippen molar-refractivity contribution >= 4 is 33.1 Å². The minimum Gasteiger partial charge on any atom is -0.417 e. The molecule has 1 fully saturated rings. The van der Waals surface area contributed by atoms with E-state index in [2.05, 4.69) is 20.2 Å². The van der Waals surface area contributed by atoms with Crippen molar-refractivity contribution in [1.29, 1.82) is 0 Å². The molecule has 2 N–H and O–H groups in total. The van der Waals surface area contributed by atoms with E-state index >= 15 is 0 Å². The number of aryl methyl sites for hydroxylation is 1. The second kappa shape index (κ2) is 10.7. The van der Waals surface area contributed by atoms with Crippen LogP contribution in [0.25, 0.3) is 11.6 Å². The molecule has 40 heavy (non-hydrogen) atoms. The van der Waals surface area contributed by atoms with Crippen molar-refractivity contribution < 1.29 is 17.6 Å². The summed E-state index contributed by atoms with van der Waals surface area (Å²) >= 11 is 1.53. The van der Waals surface area contributed by atoms with E-state index in [0.717, 1.165) is 39.7 Å². The number of nitrogens with two attached hydrogens (primary N) is 1. The Kier molecular flexibility index (Phi) is 7.46. The van der Waals surface area contributed by atoms with Crippen LogP contribution in [0.2, 0.25) is 0 Å². The molecule has 0 aliphatic carbocycles. The van der Waals surface area contributed by atoms with Gasteiger partial charge in [0.25, 0.3) is 11.8 Å². The number of carbonyl (C=O) groups excluding carboxylic acids is 1. The van der Waals surface area contributed by atoms with Crippen molar-refractivity contribution in [1.82, 2.24) is 25.1 Å². The number of thiazole rings is 1. The fraction of sp³-hybridized carbons (Fsp3) is 0.370. The van der Waals surface area contributed by atoms with Gasteiger partial charge in [-0.25, -0.2) is 18.4 Å². The highest BCUT2D eigenvalue weighted by atomic mass is 32.2. The summed E-state index contributed by atoms with van der Waals surface area (Å²) in [7, 11) is -2.29. The minimum atomic E-state index is -3.67. The van der Waals surface area contributed by atoms with Crippen LogP contribution in [0.5, 0.6) is 0 Å². The van der Waals surface area contributed by atoms with Gasteiger partial charge < -0.3 is 15.1 Å². The van der Waals surface area contributed by atoms with E-state index in [-0.39, 0.29) is 40.8 Å². The highest BCUT2D eigenvalue weighted by molar-refractivity contribution is 7.92. The summed E-state index contributed by atoms with van der Waals surface area (Å²) in [5, 5.41) is 11.2. The van der Waals surface area contributed by atoms with Gasteiger partial charge in [0.2, 0.25) is 15.9 Å². The molecule has 1 amide bonds. The third-order valence-electron chi connectivity index (χ3n) is 6.86. The standard InChI is InChI=1S/C27H31N7O4S2/c1-17-16-39-24(29-17)21-11-8-12-34(21)25(35)19-13-20(30-22(14-19)33(3)40(4,36)37)23-31-32-26(38-23)27(2,28)15-18-9-6-5-7-10-18/h5-7,9-10,13-14,16,21H,8,11-12,15,28H2,1-4H3/t21-,27+/m1/s1. The van der Waals surface area contributed by atoms with Crippen LogP contribution in [-0.2, 0) is 22.0 Å². The number of amides is 1. The third kappa shape index (κ3) is 5.76. The lowest BCUT2D eigenvalue weighted by molar-refractivity contribution is 0.0735. The van der Waals surface area contributed by atoms with Crippen LogP contribution in [0.15, 0.2) is 52.3 Å². The number of pyridine rings is 1. The Bertz CT molecular complexity index is 1630. The highest BCUT2D eigenvalue weighted by Crippen LogP contribution is 2.36. The van der Waals surface area contributed by atoms with Crippen molar-refractivity contribution in [2.24, 2.45) is 5.73 Å². The molecule has 1 aromatic carbocycles. The molecule has 0 unspecified atom stereocenters. The quantitative estimate of drug-likeness (QED) is 0.329. The van der Waals surface area contributed by atoms with Crippen molar-refractivity contribution in [3.8, 4) is 11.6 Å². The van der Waals surface area contributed by atoms with Crippen LogP contribution in [0.3, 0.4) is 0 Å². The number of nitrogens with zero attached hydrogens (tertiary/aromatic N) is 6. The van der Waals surface area contributed by atoms with E-state index in [1.54, 1.807) is 17.9 Å². The SMILES string of the molecule is Cc1csc([C@H]2CCCN2C(=O)c2cc(-c3nnc([C@@](C)(N)Cc4ccccc4)o3)nc(N(C)S(C)(=O)=O)c2)n1. The number of benzene rings is 1. The van der Waals surface area contributed by atoms with E-state index in [1.807, 2.05) is 42.6 Å². The molecular formula is C27H31N7O4S2. The summed E-state index contributed by atoms with van der Waals surface area (Å²) in [5.41, 5.74) is 7.94. The fourth-order valence-electron chi connectivity index (χ4n) is 4.69. The van der Waals surface area contributed by atoms with Gasteiger partial charge >= 0.3 is 0 Å². The maximum atomic E-state index is 13.8. The lowest BCUT2D eigenvalue weighted by Gasteiger charge is -2.24. The predicted octanol–water partition coefficient (Wildman–Crippen LogP) is 3.69. The second-order valence-electron chi connectivity index (χ2n) is 10.3. The Balaban J connectivity index is 1.51. The van der Waals surface area contributed by atoms with Gasteiger partial charge in [-0.1, -0.05) is 30.3 Å². The number of sulfonamides is 1. The molecule has 0 bridgehead atoms. The van der Waals surface area contributed by atoms with Gasteiger partial charge in [-0.3, -0.25) is 9.10 Å². The normalized spacial score (nSPS) is 17.1. The Morgan fingerprint density at radius 3 is 2.65 bits per heavy atom. The Morgan fingerprint density at radius 2 is 1.98 bits per heavy atom. The Morgan fingerprint density at radius 1 is 1.23 bits per heavy atom. The lowest BCUT2D eigenvalue weighted by Crippen LogP contribution is -2.35. The summed E-state index contributed by atoms with van der Waals surface area (Å²) in [4.78, 5) is 24.7. The Hall–Kier alpha value is -3.68. The molecule has 0 spiro atoms. The minimum absolute atomic E-state index is 0.0334. The molecule has 2 atom stereocenters. The summed E-state index contributed by atoms with van der Waals surface area (Å²) in [6, 6.07) is 12.6. The van der Waals surface area contributed by atoms with Crippen LogP contribution in [0.4, 0.5) is 5.82 Å². The predicted molar refractivity (Wildman–Crippen MR) is 152 cm³/mol. The first-order valence-corrected chi connectivity index (χ1v) is 15.5. The average molecular weight is 582 g/mol. The number of rotatable bonds is 8. The van der Waals surface area contributed by atoms with Crippen molar-refractivity contribution in [2.75, 3.05) is 24.2 Å². The van der Waals surface area contributed by atoms with Gasteiger partial charge in [0.05, 0.1) is 17.8 Å². The first kappa shape index (κ1) is 27.9. The molecule has 3 aromatic heterocycles. The van der Waals surface area contributed by atoms with E-state index in [9.17, 15) is 13.2 Å². The third-order valence-corrected chi connectivity index (χ3v) is 9.11. The van der Waals surface area contributed by atoms with Gasteiger partial charge in [-0.05, 0) is 50.8 Å². The van der Waals surface area contributed by atoms with E-state index in [1.165, 1.54) is 24.5 Å².